The first-order valence-electron chi connectivity index (χ1n) is 11.1. The van der Waals surface area contributed by atoms with Crippen molar-refractivity contribution >= 4 is 27.0 Å². The van der Waals surface area contributed by atoms with Crippen molar-refractivity contribution < 1.29 is 17.7 Å². The average molecular weight is 480 g/mol. The molecule has 1 aliphatic heterocycles. The second-order valence-electron chi connectivity index (χ2n) is 8.35. The Morgan fingerprint density at radius 2 is 1.74 bits per heavy atom. The van der Waals surface area contributed by atoms with Crippen molar-refractivity contribution in [2.24, 2.45) is 0 Å². The number of imidazole rings is 1. The molecule has 2 aromatic carbocycles. The van der Waals surface area contributed by atoms with Crippen LogP contribution in [0.3, 0.4) is 0 Å². The topological polar surface area (TPSA) is 102 Å². The molecule has 0 aliphatic carbocycles. The van der Waals surface area contributed by atoms with E-state index in [1.807, 2.05) is 41.0 Å². The summed E-state index contributed by atoms with van der Waals surface area (Å²) in [7, 11) is -3.74. The SMILES string of the molecule is Cc1noc(C)c1S(=O)(=O)N1CCCN(C(=O)c2ccc(-n3cnc4ccccc43)cc2)CC1. The van der Waals surface area contributed by atoms with Crippen molar-refractivity contribution in [3.8, 4) is 5.69 Å². The molecule has 0 N–H and O–H groups in total. The maximum atomic E-state index is 13.2. The van der Waals surface area contributed by atoms with Gasteiger partial charge in [0.2, 0.25) is 10.0 Å². The molecular weight excluding hydrogens is 454 g/mol. The number of nitrogens with zero attached hydrogens (tertiary/aromatic N) is 5. The molecule has 0 unspecified atom stereocenters. The molecule has 34 heavy (non-hydrogen) atoms. The summed E-state index contributed by atoms with van der Waals surface area (Å²) in [5.41, 5.74) is 3.73. The number of aryl methyl sites for hydroxylation is 2. The minimum absolute atomic E-state index is 0.112. The van der Waals surface area contributed by atoms with E-state index in [-0.39, 0.29) is 23.1 Å². The number of hydrogen-bond donors (Lipinski definition) is 0. The third-order valence-corrected chi connectivity index (χ3v) is 8.30. The first kappa shape index (κ1) is 22.3. The molecule has 0 atom stereocenters. The van der Waals surface area contributed by atoms with Gasteiger partial charge in [-0.3, -0.25) is 9.36 Å². The van der Waals surface area contributed by atoms with E-state index in [0.29, 0.717) is 37.3 Å². The minimum Gasteiger partial charge on any atom is -0.360 e. The van der Waals surface area contributed by atoms with Crippen LogP contribution in [0.25, 0.3) is 16.7 Å². The van der Waals surface area contributed by atoms with Gasteiger partial charge in [-0.1, -0.05) is 17.3 Å². The van der Waals surface area contributed by atoms with E-state index >= 15 is 0 Å². The van der Waals surface area contributed by atoms with Crippen LogP contribution in [-0.2, 0) is 10.0 Å². The number of sulfonamides is 1. The van der Waals surface area contributed by atoms with Gasteiger partial charge in [-0.05, 0) is 56.7 Å². The third-order valence-electron chi connectivity index (χ3n) is 6.15. The summed E-state index contributed by atoms with van der Waals surface area (Å²) in [6.07, 6.45) is 2.32. The number of carbonyl (C=O) groups is 1. The summed E-state index contributed by atoms with van der Waals surface area (Å²) < 4.78 is 34.7. The third kappa shape index (κ3) is 3.88. The number of amides is 1. The predicted molar refractivity (Wildman–Crippen MR) is 126 cm³/mol. The van der Waals surface area contributed by atoms with Gasteiger partial charge < -0.3 is 9.42 Å². The fourth-order valence-corrected chi connectivity index (χ4v) is 6.18. The van der Waals surface area contributed by atoms with E-state index in [9.17, 15) is 13.2 Å². The molecule has 5 rings (SSSR count). The van der Waals surface area contributed by atoms with Crippen molar-refractivity contribution in [1.82, 2.24) is 23.9 Å². The maximum Gasteiger partial charge on any atom is 0.253 e. The molecule has 4 aromatic rings. The zero-order valence-electron chi connectivity index (χ0n) is 19.0. The first-order valence-corrected chi connectivity index (χ1v) is 12.5. The standard InChI is InChI=1S/C24H25N5O4S/c1-17-23(18(2)33-26-17)34(31,32)28-13-5-12-27(14-15-28)24(30)19-8-10-20(11-9-19)29-16-25-21-6-3-4-7-22(21)29/h3-4,6-11,16H,5,12-15H2,1-2H3. The van der Waals surface area contributed by atoms with Crippen LogP contribution in [0.1, 0.15) is 28.2 Å². The quantitative estimate of drug-likeness (QED) is 0.446. The summed E-state index contributed by atoms with van der Waals surface area (Å²) in [4.78, 5) is 19.4. The second kappa shape index (κ2) is 8.69. The van der Waals surface area contributed by atoms with Crippen molar-refractivity contribution in [2.75, 3.05) is 26.2 Å². The molecule has 0 spiro atoms. The Labute approximate surface area is 197 Å². The van der Waals surface area contributed by atoms with E-state index in [0.717, 1.165) is 16.7 Å². The summed E-state index contributed by atoms with van der Waals surface area (Å²) in [6, 6.07) is 15.3. The molecular formula is C24H25N5O4S. The zero-order valence-corrected chi connectivity index (χ0v) is 19.8. The van der Waals surface area contributed by atoms with Crippen LogP contribution in [0, 0.1) is 13.8 Å². The first-order chi connectivity index (χ1) is 16.4. The molecule has 1 aliphatic rings. The summed E-state index contributed by atoms with van der Waals surface area (Å²) in [5.74, 6) is 0.166. The van der Waals surface area contributed by atoms with Crippen LogP contribution in [0.4, 0.5) is 0 Å². The molecule has 3 heterocycles. The maximum absolute atomic E-state index is 13.2. The van der Waals surface area contributed by atoms with Gasteiger partial charge in [0.15, 0.2) is 5.76 Å². The van der Waals surface area contributed by atoms with Crippen LogP contribution in [-0.4, -0.2) is 64.4 Å². The van der Waals surface area contributed by atoms with Crippen molar-refractivity contribution in [3.63, 3.8) is 0 Å². The van der Waals surface area contributed by atoms with Crippen LogP contribution >= 0.6 is 0 Å². The molecule has 2 aromatic heterocycles. The normalized spacial score (nSPS) is 15.5. The molecule has 1 fully saturated rings. The van der Waals surface area contributed by atoms with Gasteiger partial charge in [-0.2, -0.15) is 4.31 Å². The van der Waals surface area contributed by atoms with Gasteiger partial charge in [-0.15, -0.1) is 0 Å². The van der Waals surface area contributed by atoms with Gasteiger partial charge in [0.1, 0.15) is 16.9 Å². The summed E-state index contributed by atoms with van der Waals surface area (Å²) in [6.45, 7) is 4.57. The Kier molecular flexibility index (Phi) is 5.70. The van der Waals surface area contributed by atoms with E-state index in [1.165, 1.54) is 4.31 Å². The fraction of sp³-hybridized carbons (Fsp3) is 0.292. The van der Waals surface area contributed by atoms with E-state index in [1.54, 1.807) is 37.2 Å². The number of benzene rings is 2. The summed E-state index contributed by atoms with van der Waals surface area (Å²) >= 11 is 0. The van der Waals surface area contributed by atoms with Gasteiger partial charge in [0.25, 0.3) is 5.91 Å². The number of fused-ring (bicyclic) bond motifs is 1. The molecule has 10 heteroatoms. The number of para-hydroxylation sites is 2. The van der Waals surface area contributed by atoms with Crippen LogP contribution in [0.5, 0.6) is 0 Å². The lowest BCUT2D eigenvalue weighted by Gasteiger charge is -2.22. The van der Waals surface area contributed by atoms with E-state index < -0.39 is 10.0 Å². The molecule has 0 bridgehead atoms. The molecule has 176 valence electrons. The Bertz CT molecular complexity index is 1440. The van der Waals surface area contributed by atoms with Crippen LogP contribution in [0.2, 0.25) is 0 Å². The molecule has 0 saturated carbocycles. The Balaban J connectivity index is 1.31. The van der Waals surface area contributed by atoms with Gasteiger partial charge in [0, 0.05) is 37.4 Å². The average Bonchev–Trinajstić information content (AvgIpc) is 3.31. The number of hydrogen-bond acceptors (Lipinski definition) is 6. The lowest BCUT2D eigenvalue weighted by atomic mass is 10.1. The summed E-state index contributed by atoms with van der Waals surface area (Å²) in [5, 5.41) is 3.77. The van der Waals surface area contributed by atoms with Crippen LogP contribution in [0.15, 0.2) is 64.3 Å². The van der Waals surface area contributed by atoms with E-state index in [4.69, 9.17) is 4.52 Å². The highest BCUT2D eigenvalue weighted by molar-refractivity contribution is 7.89. The Morgan fingerprint density at radius 3 is 2.47 bits per heavy atom. The Morgan fingerprint density at radius 1 is 0.971 bits per heavy atom. The smallest absolute Gasteiger partial charge is 0.253 e. The molecule has 9 nitrogen and oxygen atoms in total. The number of carbonyl (C=O) groups excluding carboxylic acids is 1. The highest BCUT2D eigenvalue weighted by atomic mass is 32.2. The molecule has 0 radical (unpaired) electrons. The fourth-order valence-electron chi connectivity index (χ4n) is 4.42. The lowest BCUT2D eigenvalue weighted by molar-refractivity contribution is 0.0764. The number of aromatic nitrogens is 3. The largest absolute Gasteiger partial charge is 0.360 e. The van der Waals surface area contributed by atoms with Crippen molar-refractivity contribution in [1.29, 1.82) is 0 Å². The highest BCUT2D eigenvalue weighted by Gasteiger charge is 2.33. The van der Waals surface area contributed by atoms with Gasteiger partial charge in [-0.25, -0.2) is 13.4 Å². The van der Waals surface area contributed by atoms with Crippen molar-refractivity contribution in [3.05, 3.63) is 71.9 Å². The zero-order chi connectivity index (χ0) is 23.9. The van der Waals surface area contributed by atoms with Gasteiger partial charge in [0.05, 0.1) is 11.0 Å². The molecule has 1 amide bonds. The van der Waals surface area contributed by atoms with Gasteiger partial charge >= 0.3 is 0 Å². The highest BCUT2D eigenvalue weighted by Crippen LogP contribution is 2.25. The number of rotatable bonds is 4. The molecule has 1 saturated heterocycles. The van der Waals surface area contributed by atoms with Crippen molar-refractivity contribution in [2.45, 2.75) is 25.2 Å². The monoisotopic (exact) mass is 479 g/mol. The minimum atomic E-state index is -3.74. The second-order valence-corrected chi connectivity index (χ2v) is 10.2. The predicted octanol–water partition coefficient (Wildman–Crippen LogP) is 3.17. The van der Waals surface area contributed by atoms with Crippen LogP contribution < -0.4 is 0 Å². The Hall–Kier alpha value is -3.50. The lowest BCUT2D eigenvalue weighted by Crippen LogP contribution is -2.37. The van der Waals surface area contributed by atoms with E-state index in [2.05, 4.69) is 10.1 Å².